The van der Waals surface area contributed by atoms with Gasteiger partial charge in [-0.2, -0.15) is 0 Å². The minimum absolute atomic E-state index is 0.408. The van der Waals surface area contributed by atoms with Gasteiger partial charge in [-0.1, -0.05) is 18.5 Å². The fourth-order valence-corrected chi connectivity index (χ4v) is 3.51. The molecule has 2 aromatic heterocycles. The van der Waals surface area contributed by atoms with Crippen molar-refractivity contribution >= 4 is 35.0 Å². The average Bonchev–Trinajstić information content (AvgIpc) is 2.65. The number of imidazole rings is 1. The minimum Gasteiger partial charge on any atom is -0.329 e. The van der Waals surface area contributed by atoms with Crippen LogP contribution in [0, 0.1) is 10.7 Å². The number of hydrogen-bond acceptors (Lipinski definition) is 3. The first-order valence-electron chi connectivity index (χ1n) is 6.50. The first-order chi connectivity index (χ1) is 9.06. The Balaban J connectivity index is 2.09. The highest BCUT2D eigenvalue weighted by Crippen LogP contribution is 2.30. The number of H-pyrrole nitrogens is 1. The molecule has 0 amide bonds. The second-order valence-electron chi connectivity index (χ2n) is 5.42. The maximum absolute atomic E-state index is 5.98. The summed E-state index contributed by atoms with van der Waals surface area (Å²) in [7, 11) is 2.17. The lowest BCUT2D eigenvalue weighted by Crippen LogP contribution is -2.37. The number of aromatic amines is 1. The number of rotatable bonds is 1. The number of halogens is 1. The van der Waals surface area contributed by atoms with Gasteiger partial charge < -0.3 is 9.88 Å². The summed E-state index contributed by atoms with van der Waals surface area (Å²) in [5.41, 5.74) is 1.83. The molecule has 1 aliphatic heterocycles. The second-order valence-corrected chi connectivity index (χ2v) is 6.24. The fourth-order valence-electron chi connectivity index (χ4n) is 3.02. The normalized spacial score (nSPS) is 25.0. The zero-order valence-electron chi connectivity index (χ0n) is 11.1. The van der Waals surface area contributed by atoms with Crippen molar-refractivity contribution in [3.63, 3.8) is 0 Å². The molecular formula is C13H17ClN4S. The van der Waals surface area contributed by atoms with Crippen LogP contribution in [0.4, 0.5) is 0 Å². The van der Waals surface area contributed by atoms with E-state index in [2.05, 4.69) is 33.4 Å². The number of hydrogen-bond donors (Lipinski definition) is 1. The Hall–Kier alpha value is -0.910. The van der Waals surface area contributed by atoms with Crippen molar-refractivity contribution in [2.24, 2.45) is 5.92 Å². The van der Waals surface area contributed by atoms with Crippen LogP contribution in [0.15, 0.2) is 12.3 Å². The van der Waals surface area contributed by atoms with Crippen LogP contribution >= 0.6 is 23.8 Å². The highest BCUT2D eigenvalue weighted by molar-refractivity contribution is 7.71. The Labute approximate surface area is 122 Å². The molecule has 102 valence electrons. The molecule has 1 N–H and O–H groups in total. The quantitative estimate of drug-likeness (QED) is 0.821. The third-order valence-corrected chi connectivity index (χ3v) is 4.42. The maximum atomic E-state index is 5.98. The van der Waals surface area contributed by atoms with E-state index in [1.807, 2.05) is 6.07 Å². The molecule has 2 unspecified atom stereocenters. The van der Waals surface area contributed by atoms with Crippen molar-refractivity contribution in [1.29, 1.82) is 0 Å². The number of aromatic nitrogens is 3. The van der Waals surface area contributed by atoms with Gasteiger partial charge in [-0.3, -0.25) is 4.57 Å². The predicted octanol–water partition coefficient (Wildman–Crippen LogP) is 3.26. The fraction of sp³-hybridized carbons (Fsp3) is 0.538. The van der Waals surface area contributed by atoms with Gasteiger partial charge in [-0.15, -0.1) is 0 Å². The largest absolute Gasteiger partial charge is 0.329 e. The molecule has 3 heterocycles. The number of pyridine rings is 1. The van der Waals surface area contributed by atoms with Crippen LogP contribution in [-0.2, 0) is 0 Å². The molecule has 19 heavy (non-hydrogen) atoms. The summed E-state index contributed by atoms with van der Waals surface area (Å²) in [6, 6.07) is 2.29. The topological polar surface area (TPSA) is 36.9 Å². The molecule has 0 bridgehead atoms. The Bertz CT molecular complexity index is 662. The molecule has 0 aromatic carbocycles. The number of piperidine rings is 1. The Morgan fingerprint density at radius 2 is 2.32 bits per heavy atom. The molecule has 0 saturated carbocycles. The molecular weight excluding hydrogens is 280 g/mol. The van der Waals surface area contributed by atoms with Crippen LogP contribution in [0.1, 0.15) is 19.4 Å². The van der Waals surface area contributed by atoms with Crippen LogP contribution in [0.2, 0.25) is 5.02 Å². The van der Waals surface area contributed by atoms with E-state index in [1.54, 1.807) is 6.20 Å². The van der Waals surface area contributed by atoms with E-state index < -0.39 is 0 Å². The van der Waals surface area contributed by atoms with Crippen molar-refractivity contribution in [3.8, 4) is 0 Å². The van der Waals surface area contributed by atoms with E-state index in [0.29, 0.717) is 17.0 Å². The molecule has 0 radical (unpaired) electrons. The SMILES string of the molecule is CC1CN(C)CCC1n1c(=S)[nH]c2cc(Cl)cnc21. The van der Waals surface area contributed by atoms with Crippen LogP contribution in [0.3, 0.4) is 0 Å². The van der Waals surface area contributed by atoms with Gasteiger partial charge in [0.05, 0.1) is 10.5 Å². The molecule has 1 fully saturated rings. The Morgan fingerprint density at radius 1 is 1.53 bits per heavy atom. The van der Waals surface area contributed by atoms with E-state index in [1.165, 1.54) is 0 Å². The van der Waals surface area contributed by atoms with Gasteiger partial charge in [0.25, 0.3) is 0 Å². The lowest BCUT2D eigenvalue weighted by atomic mass is 9.94. The van der Waals surface area contributed by atoms with Crippen molar-refractivity contribution < 1.29 is 0 Å². The molecule has 1 saturated heterocycles. The first-order valence-corrected chi connectivity index (χ1v) is 7.29. The van der Waals surface area contributed by atoms with Gasteiger partial charge in [-0.05, 0) is 44.2 Å². The molecule has 0 aliphatic carbocycles. The van der Waals surface area contributed by atoms with Gasteiger partial charge in [0.1, 0.15) is 0 Å². The highest BCUT2D eigenvalue weighted by Gasteiger charge is 2.27. The van der Waals surface area contributed by atoms with Gasteiger partial charge in [0.15, 0.2) is 10.4 Å². The van der Waals surface area contributed by atoms with Crippen LogP contribution in [-0.4, -0.2) is 39.6 Å². The molecule has 6 heteroatoms. The molecule has 4 nitrogen and oxygen atoms in total. The molecule has 2 aromatic rings. The number of nitrogens with one attached hydrogen (secondary N) is 1. The summed E-state index contributed by atoms with van der Waals surface area (Å²) in [5, 5.41) is 0.632. The van der Waals surface area contributed by atoms with E-state index >= 15 is 0 Å². The molecule has 3 rings (SSSR count). The first kappa shape index (κ1) is 13.1. The van der Waals surface area contributed by atoms with Crippen LogP contribution in [0.25, 0.3) is 11.2 Å². The lowest BCUT2D eigenvalue weighted by Gasteiger charge is -2.35. The monoisotopic (exact) mass is 296 g/mol. The third-order valence-electron chi connectivity index (χ3n) is 3.92. The van der Waals surface area contributed by atoms with Crippen LogP contribution in [0.5, 0.6) is 0 Å². The smallest absolute Gasteiger partial charge is 0.179 e. The lowest BCUT2D eigenvalue weighted by molar-refractivity contribution is 0.160. The number of likely N-dealkylation sites (tertiary alicyclic amines) is 1. The predicted molar refractivity (Wildman–Crippen MR) is 80.2 cm³/mol. The maximum Gasteiger partial charge on any atom is 0.179 e. The Kier molecular flexibility index (Phi) is 3.37. The van der Waals surface area contributed by atoms with E-state index in [9.17, 15) is 0 Å². The molecule has 0 spiro atoms. The van der Waals surface area contributed by atoms with Gasteiger partial charge in [0, 0.05) is 18.8 Å². The zero-order valence-corrected chi connectivity index (χ0v) is 12.6. The average molecular weight is 297 g/mol. The summed E-state index contributed by atoms with van der Waals surface area (Å²) >= 11 is 11.5. The van der Waals surface area contributed by atoms with Gasteiger partial charge in [0.2, 0.25) is 0 Å². The molecule has 2 atom stereocenters. The van der Waals surface area contributed by atoms with Gasteiger partial charge >= 0.3 is 0 Å². The van der Waals surface area contributed by atoms with Crippen LogP contribution < -0.4 is 0 Å². The highest BCUT2D eigenvalue weighted by atomic mass is 35.5. The standard InChI is InChI=1S/C13H17ClN4S/c1-8-7-17(2)4-3-11(8)18-12-10(16-13(18)19)5-9(14)6-15-12/h5-6,8,11H,3-4,7H2,1-2H3,(H,16,19). The van der Waals surface area contributed by atoms with Crippen molar-refractivity contribution in [2.75, 3.05) is 20.1 Å². The summed E-state index contributed by atoms with van der Waals surface area (Å²) in [5.74, 6) is 0.557. The van der Waals surface area contributed by atoms with E-state index in [4.69, 9.17) is 23.8 Å². The van der Waals surface area contributed by atoms with Crippen molar-refractivity contribution in [3.05, 3.63) is 22.1 Å². The summed E-state index contributed by atoms with van der Waals surface area (Å²) in [6.07, 6.45) is 2.78. The molecule has 1 aliphatic rings. The summed E-state index contributed by atoms with van der Waals surface area (Å²) in [6.45, 7) is 4.46. The minimum atomic E-state index is 0.408. The van der Waals surface area contributed by atoms with E-state index in [0.717, 1.165) is 35.4 Å². The zero-order chi connectivity index (χ0) is 13.6. The Morgan fingerprint density at radius 3 is 3.05 bits per heavy atom. The van der Waals surface area contributed by atoms with Gasteiger partial charge in [-0.25, -0.2) is 4.98 Å². The third kappa shape index (κ3) is 2.30. The van der Waals surface area contributed by atoms with Crippen molar-refractivity contribution in [2.45, 2.75) is 19.4 Å². The summed E-state index contributed by atoms with van der Waals surface area (Å²) < 4.78 is 2.91. The second kappa shape index (κ2) is 4.89. The van der Waals surface area contributed by atoms with E-state index in [-0.39, 0.29) is 0 Å². The number of nitrogens with zero attached hydrogens (tertiary/aromatic N) is 3. The summed E-state index contributed by atoms with van der Waals surface area (Å²) in [4.78, 5) is 10.0. The number of fused-ring (bicyclic) bond motifs is 1. The van der Waals surface area contributed by atoms with Crippen molar-refractivity contribution in [1.82, 2.24) is 19.4 Å².